The molecule has 17 heavy (non-hydrogen) atoms. The van der Waals surface area contributed by atoms with E-state index in [4.69, 9.17) is 0 Å². The van der Waals surface area contributed by atoms with Crippen molar-refractivity contribution in [1.82, 2.24) is 9.80 Å². The van der Waals surface area contributed by atoms with Crippen LogP contribution in [0.5, 0.6) is 0 Å². The Bertz CT molecular complexity index is 246. The van der Waals surface area contributed by atoms with Gasteiger partial charge in [0.1, 0.15) is 0 Å². The highest BCUT2D eigenvalue weighted by molar-refractivity contribution is 5.75. The summed E-state index contributed by atoms with van der Waals surface area (Å²) in [5.74, 6) is 0.196. The van der Waals surface area contributed by atoms with Crippen molar-refractivity contribution < 1.29 is 9.90 Å². The van der Waals surface area contributed by atoms with E-state index in [2.05, 4.69) is 11.8 Å². The van der Waals surface area contributed by atoms with Gasteiger partial charge in [0.2, 0.25) is 5.91 Å². The molecule has 0 saturated carbocycles. The number of amides is 1. The Morgan fingerprint density at radius 3 is 2.76 bits per heavy atom. The van der Waals surface area contributed by atoms with Crippen LogP contribution in [0.4, 0.5) is 0 Å². The Labute approximate surface area is 105 Å². The van der Waals surface area contributed by atoms with Gasteiger partial charge in [0, 0.05) is 38.6 Å². The molecule has 0 aliphatic carbocycles. The second kappa shape index (κ2) is 6.97. The van der Waals surface area contributed by atoms with Crippen molar-refractivity contribution in [3.63, 3.8) is 0 Å². The second-order valence-corrected chi connectivity index (χ2v) is 5.01. The molecule has 1 fully saturated rings. The summed E-state index contributed by atoms with van der Waals surface area (Å²) in [6.07, 6.45) is 3.98. The van der Waals surface area contributed by atoms with Crippen LogP contribution in [0.3, 0.4) is 0 Å². The van der Waals surface area contributed by atoms with Gasteiger partial charge < -0.3 is 10.0 Å². The number of aliphatic hydroxyl groups is 1. The third kappa shape index (κ3) is 3.96. The summed E-state index contributed by atoms with van der Waals surface area (Å²) < 4.78 is 0. The lowest BCUT2D eigenvalue weighted by Crippen LogP contribution is -2.48. The predicted molar refractivity (Wildman–Crippen MR) is 68.8 cm³/mol. The molecular weight excluding hydrogens is 216 g/mol. The number of likely N-dealkylation sites (tertiary alicyclic amines) is 1. The monoisotopic (exact) mass is 242 g/mol. The standard InChI is InChI=1S/C13H26N2O2/c1-4-14(3)13(17)8-9-15-11(2)6-5-7-12(15)10-16/h11-12,16H,4-10H2,1-3H3. The Morgan fingerprint density at radius 1 is 1.47 bits per heavy atom. The summed E-state index contributed by atoms with van der Waals surface area (Å²) in [6.45, 7) is 5.92. The number of carbonyl (C=O) groups is 1. The normalized spacial score (nSPS) is 25.9. The lowest BCUT2D eigenvalue weighted by atomic mass is 9.96. The minimum atomic E-state index is 0.196. The highest BCUT2D eigenvalue weighted by atomic mass is 16.3. The van der Waals surface area contributed by atoms with Gasteiger partial charge in [-0.3, -0.25) is 9.69 Å². The van der Waals surface area contributed by atoms with Crippen molar-refractivity contribution >= 4 is 5.91 Å². The summed E-state index contributed by atoms with van der Waals surface area (Å²) in [7, 11) is 1.84. The first-order valence-electron chi connectivity index (χ1n) is 6.70. The van der Waals surface area contributed by atoms with Crippen molar-refractivity contribution in [3.05, 3.63) is 0 Å². The van der Waals surface area contributed by atoms with Crippen LogP contribution in [0.1, 0.15) is 39.5 Å². The molecule has 1 aliphatic rings. The molecule has 4 nitrogen and oxygen atoms in total. The van der Waals surface area contributed by atoms with Crippen LogP contribution in [-0.2, 0) is 4.79 Å². The smallest absolute Gasteiger partial charge is 0.223 e. The van der Waals surface area contributed by atoms with Gasteiger partial charge in [-0.15, -0.1) is 0 Å². The van der Waals surface area contributed by atoms with E-state index >= 15 is 0 Å². The first-order valence-corrected chi connectivity index (χ1v) is 6.70. The number of nitrogens with zero attached hydrogens (tertiary/aromatic N) is 2. The van der Waals surface area contributed by atoms with Crippen molar-refractivity contribution in [3.8, 4) is 0 Å². The first kappa shape index (κ1) is 14.5. The maximum Gasteiger partial charge on any atom is 0.223 e. The lowest BCUT2D eigenvalue weighted by Gasteiger charge is -2.40. The topological polar surface area (TPSA) is 43.8 Å². The molecule has 4 heteroatoms. The van der Waals surface area contributed by atoms with Gasteiger partial charge >= 0.3 is 0 Å². The zero-order valence-electron chi connectivity index (χ0n) is 11.4. The molecule has 0 aromatic carbocycles. The van der Waals surface area contributed by atoms with Gasteiger partial charge in [-0.1, -0.05) is 6.42 Å². The zero-order chi connectivity index (χ0) is 12.8. The maximum absolute atomic E-state index is 11.8. The summed E-state index contributed by atoms with van der Waals surface area (Å²) in [5.41, 5.74) is 0. The molecule has 1 heterocycles. The molecular formula is C13H26N2O2. The minimum absolute atomic E-state index is 0.196. The van der Waals surface area contributed by atoms with Crippen LogP contribution in [0.15, 0.2) is 0 Å². The molecule has 0 spiro atoms. The molecule has 1 rings (SSSR count). The van der Waals surface area contributed by atoms with E-state index in [1.54, 1.807) is 4.90 Å². The molecule has 1 N–H and O–H groups in total. The zero-order valence-corrected chi connectivity index (χ0v) is 11.4. The quantitative estimate of drug-likeness (QED) is 0.785. The fraction of sp³-hybridized carbons (Fsp3) is 0.923. The number of piperidine rings is 1. The minimum Gasteiger partial charge on any atom is -0.395 e. The van der Waals surface area contributed by atoms with Crippen molar-refractivity contribution in [2.24, 2.45) is 0 Å². The predicted octanol–water partition coefficient (Wildman–Crippen LogP) is 1.09. The highest BCUT2D eigenvalue weighted by Gasteiger charge is 2.27. The fourth-order valence-corrected chi connectivity index (χ4v) is 2.53. The Balaban J connectivity index is 2.44. The SMILES string of the molecule is CCN(C)C(=O)CCN1C(C)CCCC1CO. The fourth-order valence-electron chi connectivity index (χ4n) is 2.53. The second-order valence-electron chi connectivity index (χ2n) is 5.01. The van der Waals surface area contributed by atoms with Gasteiger partial charge in [-0.2, -0.15) is 0 Å². The van der Waals surface area contributed by atoms with Crippen molar-refractivity contribution in [1.29, 1.82) is 0 Å². The molecule has 100 valence electrons. The first-order chi connectivity index (χ1) is 8.10. The van der Waals surface area contributed by atoms with Crippen LogP contribution in [0, 0.1) is 0 Å². The molecule has 1 saturated heterocycles. The highest BCUT2D eigenvalue weighted by Crippen LogP contribution is 2.22. The van der Waals surface area contributed by atoms with E-state index in [0.29, 0.717) is 12.5 Å². The number of rotatable bonds is 5. The van der Waals surface area contributed by atoms with Crippen LogP contribution in [-0.4, -0.2) is 59.6 Å². The average Bonchev–Trinajstić information content (AvgIpc) is 2.35. The van der Waals surface area contributed by atoms with Crippen LogP contribution in [0.25, 0.3) is 0 Å². The van der Waals surface area contributed by atoms with Gasteiger partial charge in [0.15, 0.2) is 0 Å². The summed E-state index contributed by atoms with van der Waals surface area (Å²) >= 11 is 0. The Hall–Kier alpha value is -0.610. The summed E-state index contributed by atoms with van der Waals surface area (Å²) in [5, 5.41) is 9.36. The third-order valence-corrected chi connectivity index (χ3v) is 3.89. The number of carbonyl (C=O) groups excluding carboxylic acids is 1. The molecule has 0 aromatic rings. The van der Waals surface area contributed by atoms with Crippen molar-refractivity contribution in [2.75, 3.05) is 26.7 Å². The van der Waals surface area contributed by atoms with Gasteiger partial charge in [0.25, 0.3) is 0 Å². The average molecular weight is 242 g/mol. The molecule has 1 aliphatic heterocycles. The Morgan fingerprint density at radius 2 is 2.18 bits per heavy atom. The third-order valence-electron chi connectivity index (χ3n) is 3.89. The van der Waals surface area contributed by atoms with E-state index in [-0.39, 0.29) is 18.6 Å². The van der Waals surface area contributed by atoms with Crippen LogP contribution < -0.4 is 0 Å². The summed E-state index contributed by atoms with van der Waals surface area (Å²) in [6, 6.07) is 0.735. The number of aliphatic hydroxyl groups excluding tert-OH is 1. The molecule has 1 amide bonds. The maximum atomic E-state index is 11.8. The van der Waals surface area contributed by atoms with Crippen molar-refractivity contribution in [2.45, 2.75) is 51.6 Å². The molecule has 0 radical (unpaired) electrons. The number of hydrogen-bond donors (Lipinski definition) is 1. The molecule has 2 atom stereocenters. The van der Waals surface area contributed by atoms with Crippen LogP contribution in [0.2, 0.25) is 0 Å². The van der Waals surface area contributed by atoms with E-state index in [0.717, 1.165) is 19.5 Å². The largest absolute Gasteiger partial charge is 0.395 e. The van der Waals surface area contributed by atoms with Gasteiger partial charge in [0.05, 0.1) is 6.61 Å². The lowest BCUT2D eigenvalue weighted by molar-refractivity contribution is -0.130. The molecule has 0 bridgehead atoms. The summed E-state index contributed by atoms with van der Waals surface area (Å²) in [4.78, 5) is 15.8. The molecule has 2 unspecified atom stereocenters. The van der Waals surface area contributed by atoms with E-state index in [1.807, 2.05) is 14.0 Å². The number of hydrogen-bond acceptors (Lipinski definition) is 3. The van der Waals surface area contributed by atoms with E-state index in [1.165, 1.54) is 12.8 Å². The molecule has 0 aromatic heterocycles. The van der Waals surface area contributed by atoms with E-state index in [9.17, 15) is 9.90 Å². The Kier molecular flexibility index (Phi) is 5.92. The van der Waals surface area contributed by atoms with Gasteiger partial charge in [-0.25, -0.2) is 0 Å². The van der Waals surface area contributed by atoms with E-state index < -0.39 is 0 Å². The van der Waals surface area contributed by atoms with Gasteiger partial charge in [-0.05, 0) is 26.7 Å². The van der Waals surface area contributed by atoms with Crippen LogP contribution >= 0.6 is 0 Å².